The second kappa shape index (κ2) is 7.04. The molecule has 3 rings (SSSR count). The number of hydrogen-bond acceptors (Lipinski definition) is 3. The van der Waals surface area contributed by atoms with Gasteiger partial charge in [-0.05, 0) is 34.5 Å². The summed E-state index contributed by atoms with van der Waals surface area (Å²) < 4.78 is 11.0. The quantitative estimate of drug-likeness (QED) is 0.747. The lowest BCUT2D eigenvalue weighted by Gasteiger charge is -2.17. The maximum atomic E-state index is 11.6. The van der Waals surface area contributed by atoms with E-state index in [2.05, 4.69) is 0 Å². The maximum Gasteiger partial charge on any atom is 0.345 e. The first-order valence-corrected chi connectivity index (χ1v) is 7.67. The second-order valence-corrected chi connectivity index (χ2v) is 5.47. The highest BCUT2D eigenvalue weighted by atomic mass is 16.5. The van der Waals surface area contributed by atoms with E-state index in [4.69, 9.17) is 9.47 Å². The van der Waals surface area contributed by atoms with E-state index in [9.17, 15) is 9.90 Å². The Bertz CT molecular complexity index is 857. The Kier molecular flexibility index (Phi) is 4.66. The third-order valence-electron chi connectivity index (χ3n) is 3.87. The van der Waals surface area contributed by atoms with Crippen LogP contribution in [0.2, 0.25) is 0 Å². The second-order valence-electron chi connectivity index (χ2n) is 5.47. The van der Waals surface area contributed by atoms with Crippen LogP contribution in [0.4, 0.5) is 0 Å². The lowest BCUT2D eigenvalue weighted by atomic mass is 10.1. The molecule has 4 nitrogen and oxygen atoms in total. The Labute approximate surface area is 140 Å². The summed E-state index contributed by atoms with van der Waals surface area (Å²) in [6.07, 6.45) is -0.755. The maximum absolute atomic E-state index is 11.6. The minimum absolute atomic E-state index is 0.228. The number of aliphatic carboxylic acids is 1. The molecule has 0 aliphatic rings. The third kappa shape index (κ3) is 3.49. The number of ether oxygens (including phenoxy) is 2. The first-order chi connectivity index (χ1) is 11.7. The molecular formula is C20H18O4. The van der Waals surface area contributed by atoms with Crippen LogP contribution in [0, 0.1) is 0 Å². The van der Waals surface area contributed by atoms with Crippen LogP contribution >= 0.6 is 0 Å². The molecule has 1 N–H and O–H groups in total. The molecule has 0 aliphatic heterocycles. The number of carboxylic acid groups (broad SMARTS) is 1. The zero-order valence-corrected chi connectivity index (χ0v) is 13.3. The van der Waals surface area contributed by atoms with Crippen molar-refractivity contribution in [3.8, 4) is 11.5 Å². The molecule has 0 unspecified atom stereocenters. The molecule has 0 amide bonds. The highest BCUT2D eigenvalue weighted by Gasteiger charge is 2.22. The van der Waals surface area contributed by atoms with E-state index in [0.29, 0.717) is 11.5 Å². The molecule has 4 heteroatoms. The fourth-order valence-electron chi connectivity index (χ4n) is 2.66. The number of rotatable bonds is 6. The highest BCUT2D eigenvalue weighted by molar-refractivity contribution is 5.84. The largest absolute Gasteiger partial charge is 0.496 e. The number of benzene rings is 3. The summed E-state index contributed by atoms with van der Waals surface area (Å²) in [5, 5.41) is 11.6. The van der Waals surface area contributed by atoms with Crippen LogP contribution in [0.3, 0.4) is 0 Å². The number of carboxylic acids is 1. The molecule has 0 saturated heterocycles. The minimum atomic E-state index is -1.01. The average Bonchev–Trinajstić information content (AvgIpc) is 2.61. The standard InChI is InChI=1S/C20H18O4/c1-23-18-9-5-4-8-16(18)13-19(20(21)22)24-17-11-10-14-6-2-3-7-15(14)12-17/h2-12,19H,13H2,1H3,(H,21,22)/t19-/m1/s1. The molecule has 0 bridgehead atoms. The Balaban J connectivity index is 1.84. The molecule has 3 aromatic carbocycles. The SMILES string of the molecule is COc1ccccc1C[C@@H](Oc1ccc2ccccc2c1)C(=O)O. The van der Waals surface area contributed by atoms with Crippen molar-refractivity contribution in [3.05, 3.63) is 72.3 Å². The summed E-state index contributed by atoms with van der Waals surface area (Å²) in [6, 6.07) is 20.8. The molecule has 1 atom stereocenters. The Morgan fingerprint density at radius 1 is 1.00 bits per heavy atom. The van der Waals surface area contributed by atoms with Crippen molar-refractivity contribution < 1.29 is 19.4 Å². The first-order valence-electron chi connectivity index (χ1n) is 7.67. The number of carbonyl (C=O) groups is 1. The Morgan fingerprint density at radius 2 is 1.71 bits per heavy atom. The topological polar surface area (TPSA) is 55.8 Å². The molecule has 0 spiro atoms. The minimum Gasteiger partial charge on any atom is -0.496 e. The number of para-hydroxylation sites is 1. The van der Waals surface area contributed by atoms with Gasteiger partial charge in [-0.25, -0.2) is 4.79 Å². The van der Waals surface area contributed by atoms with Crippen LogP contribution in [0.15, 0.2) is 66.7 Å². The van der Waals surface area contributed by atoms with E-state index < -0.39 is 12.1 Å². The van der Waals surface area contributed by atoms with Crippen molar-refractivity contribution in [2.45, 2.75) is 12.5 Å². The van der Waals surface area contributed by atoms with Gasteiger partial charge in [-0.2, -0.15) is 0 Å². The van der Waals surface area contributed by atoms with Crippen molar-refractivity contribution in [1.82, 2.24) is 0 Å². The Hall–Kier alpha value is -3.01. The zero-order valence-electron chi connectivity index (χ0n) is 13.3. The molecule has 0 saturated carbocycles. The van der Waals surface area contributed by atoms with Crippen LogP contribution in [0.1, 0.15) is 5.56 Å². The molecule has 0 aliphatic carbocycles. The van der Waals surface area contributed by atoms with Gasteiger partial charge in [-0.15, -0.1) is 0 Å². The van der Waals surface area contributed by atoms with Crippen molar-refractivity contribution in [2.75, 3.05) is 7.11 Å². The lowest BCUT2D eigenvalue weighted by molar-refractivity contribution is -0.145. The van der Waals surface area contributed by atoms with Gasteiger partial charge in [-0.3, -0.25) is 0 Å². The van der Waals surface area contributed by atoms with E-state index in [1.54, 1.807) is 13.2 Å². The highest BCUT2D eigenvalue weighted by Crippen LogP contribution is 2.24. The van der Waals surface area contributed by atoms with Gasteiger partial charge in [0.2, 0.25) is 0 Å². The van der Waals surface area contributed by atoms with E-state index >= 15 is 0 Å². The van der Waals surface area contributed by atoms with Gasteiger partial charge in [0.15, 0.2) is 6.10 Å². The monoisotopic (exact) mass is 322 g/mol. The van der Waals surface area contributed by atoms with Gasteiger partial charge in [-0.1, -0.05) is 48.5 Å². The predicted octanol–water partition coefficient (Wildman–Crippen LogP) is 3.92. The normalized spacial score (nSPS) is 11.9. The van der Waals surface area contributed by atoms with Crippen LogP contribution < -0.4 is 9.47 Å². The van der Waals surface area contributed by atoms with Crippen LogP contribution in [0.5, 0.6) is 11.5 Å². The summed E-state index contributed by atoms with van der Waals surface area (Å²) in [7, 11) is 1.57. The number of methoxy groups -OCH3 is 1. The average molecular weight is 322 g/mol. The molecule has 0 aromatic heterocycles. The fourth-order valence-corrected chi connectivity index (χ4v) is 2.66. The van der Waals surface area contributed by atoms with Gasteiger partial charge in [0, 0.05) is 6.42 Å². The number of hydrogen-bond donors (Lipinski definition) is 1. The summed E-state index contributed by atoms with van der Waals surface area (Å²) in [4.78, 5) is 11.6. The molecule has 0 heterocycles. The van der Waals surface area contributed by atoms with Gasteiger partial charge in [0.1, 0.15) is 11.5 Å². The van der Waals surface area contributed by atoms with E-state index in [-0.39, 0.29) is 6.42 Å². The summed E-state index contributed by atoms with van der Waals surface area (Å²) >= 11 is 0. The summed E-state index contributed by atoms with van der Waals surface area (Å²) in [6.45, 7) is 0. The van der Waals surface area contributed by atoms with Crippen LogP contribution in [-0.2, 0) is 11.2 Å². The Morgan fingerprint density at radius 3 is 2.46 bits per heavy atom. The van der Waals surface area contributed by atoms with E-state index in [1.807, 2.05) is 60.7 Å². The third-order valence-corrected chi connectivity index (χ3v) is 3.87. The molecule has 3 aromatic rings. The first kappa shape index (κ1) is 15.9. The smallest absolute Gasteiger partial charge is 0.345 e. The van der Waals surface area contributed by atoms with E-state index in [1.165, 1.54) is 0 Å². The van der Waals surface area contributed by atoms with Crippen LogP contribution in [0.25, 0.3) is 10.8 Å². The molecule has 0 radical (unpaired) electrons. The van der Waals surface area contributed by atoms with Gasteiger partial charge < -0.3 is 14.6 Å². The zero-order chi connectivity index (χ0) is 16.9. The summed E-state index contributed by atoms with van der Waals surface area (Å²) in [5.74, 6) is 0.191. The van der Waals surface area contributed by atoms with Gasteiger partial charge >= 0.3 is 5.97 Å². The molecule has 122 valence electrons. The molecule has 24 heavy (non-hydrogen) atoms. The van der Waals surface area contributed by atoms with Crippen molar-refractivity contribution >= 4 is 16.7 Å². The van der Waals surface area contributed by atoms with Gasteiger partial charge in [0.05, 0.1) is 7.11 Å². The number of fused-ring (bicyclic) bond motifs is 1. The van der Waals surface area contributed by atoms with Crippen molar-refractivity contribution in [3.63, 3.8) is 0 Å². The molecule has 0 fully saturated rings. The fraction of sp³-hybridized carbons (Fsp3) is 0.150. The van der Waals surface area contributed by atoms with Crippen molar-refractivity contribution in [1.29, 1.82) is 0 Å². The lowest BCUT2D eigenvalue weighted by Crippen LogP contribution is -2.29. The summed E-state index contributed by atoms with van der Waals surface area (Å²) in [5.41, 5.74) is 0.799. The molecular weight excluding hydrogens is 304 g/mol. The van der Waals surface area contributed by atoms with Crippen LogP contribution in [-0.4, -0.2) is 24.3 Å². The van der Waals surface area contributed by atoms with Gasteiger partial charge in [0.25, 0.3) is 0 Å². The predicted molar refractivity (Wildman–Crippen MR) is 92.7 cm³/mol. The van der Waals surface area contributed by atoms with Crippen molar-refractivity contribution in [2.24, 2.45) is 0 Å². The van der Waals surface area contributed by atoms with E-state index in [0.717, 1.165) is 16.3 Å².